The minimum absolute atomic E-state index is 0.0706. The molecule has 0 radical (unpaired) electrons. The molecule has 1 aliphatic rings. The summed E-state index contributed by atoms with van der Waals surface area (Å²) in [6.45, 7) is 11.5. The summed E-state index contributed by atoms with van der Waals surface area (Å²) in [4.78, 5) is 14.5. The highest BCUT2D eigenvalue weighted by Crippen LogP contribution is 2.12. The third-order valence-electron chi connectivity index (χ3n) is 3.09. The first-order valence-electron chi connectivity index (χ1n) is 7.03. The number of nitrogens with one attached hydrogen (secondary N) is 1. The van der Waals surface area contributed by atoms with E-state index in [9.17, 15) is 4.79 Å². The Morgan fingerprint density at radius 3 is 2.18 bits per heavy atom. The molecule has 0 aromatic heterocycles. The third kappa shape index (κ3) is 5.07. The van der Waals surface area contributed by atoms with E-state index in [1.54, 1.807) is 0 Å². The molecule has 1 heterocycles. The van der Waals surface area contributed by atoms with Gasteiger partial charge in [-0.3, -0.25) is 4.79 Å². The molecule has 0 aromatic rings. The molecule has 0 bridgehead atoms. The van der Waals surface area contributed by atoms with E-state index < -0.39 is 0 Å². The van der Waals surface area contributed by atoms with Crippen LogP contribution < -0.4 is 5.32 Å². The van der Waals surface area contributed by atoms with Crippen molar-refractivity contribution in [2.45, 2.75) is 53.0 Å². The number of piperidine rings is 1. The van der Waals surface area contributed by atoms with E-state index in [0.29, 0.717) is 17.7 Å². The first-order valence-corrected chi connectivity index (χ1v) is 7.03. The predicted octanol–water partition coefficient (Wildman–Crippen LogP) is 2.27. The largest absolute Gasteiger partial charge is 0.341 e. The molecule has 1 atom stereocenters. The van der Waals surface area contributed by atoms with E-state index in [2.05, 4.69) is 37.9 Å². The molecular formula is C14H28N2O. The van der Waals surface area contributed by atoms with Gasteiger partial charge in [0, 0.05) is 13.1 Å². The number of hydrogen-bond donors (Lipinski definition) is 1. The highest BCUT2D eigenvalue weighted by Gasteiger charge is 2.26. The lowest BCUT2D eigenvalue weighted by molar-refractivity contribution is -0.135. The van der Waals surface area contributed by atoms with Gasteiger partial charge in [-0.05, 0) is 31.2 Å². The van der Waals surface area contributed by atoms with Gasteiger partial charge in [-0.1, -0.05) is 34.1 Å². The zero-order valence-electron chi connectivity index (χ0n) is 11.8. The SMILES string of the molecule is CC(C)CN(CC(C)C)C(=O)[C@H]1CCCCN1. The van der Waals surface area contributed by atoms with E-state index in [4.69, 9.17) is 0 Å². The monoisotopic (exact) mass is 240 g/mol. The van der Waals surface area contributed by atoms with Gasteiger partial charge in [0.25, 0.3) is 0 Å². The van der Waals surface area contributed by atoms with Crippen LogP contribution in [-0.4, -0.2) is 36.5 Å². The first-order chi connectivity index (χ1) is 8.00. The molecule has 1 amide bonds. The second-order valence-electron chi connectivity index (χ2n) is 6.03. The number of rotatable bonds is 5. The van der Waals surface area contributed by atoms with Crippen molar-refractivity contribution in [1.29, 1.82) is 0 Å². The number of carbonyl (C=O) groups excluding carboxylic acids is 1. The molecule has 0 saturated carbocycles. The van der Waals surface area contributed by atoms with Crippen LogP contribution in [0.4, 0.5) is 0 Å². The van der Waals surface area contributed by atoms with Gasteiger partial charge in [-0.2, -0.15) is 0 Å². The number of carbonyl (C=O) groups is 1. The zero-order chi connectivity index (χ0) is 12.8. The predicted molar refractivity (Wildman–Crippen MR) is 71.9 cm³/mol. The smallest absolute Gasteiger partial charge is 0.239 e. The number of nitrogens with zero attached hydrogens (tertiary/aromatic N) is 1. The minimum atomic E-state index is 0.0706. The van der Waals surface area contributed by atoms with Gasteiger partial charge < -0.3 is 10.2 Å². The summed E-state index contributed by atoms with van der Waals surface area (Å²) in [5.74, 6) is 1.40. The van der Waals surface area contributed by atoms with Crippen molar-refractivity contribution in [3.63, 3.8) is 0 Å². The standard InChI is InChI=1S/C14H28N2O/c1-11(2)9-16(10-12(3)4)14(17)13-7-5-6-8-15-13/h11-13,15H,5-10H2,1-4H3/t13-/m1/s1. The van der Waals surface area contributed by atoms with E-state index in [-0.39, 0.29) is 6.04 Å². The molecule has 1 N–H and O–H groups in total. The second-order valence-corrected chi connectivity index (χ2v) is 6.03. The normalized spacial score (nSPS) is 20.9. The van der Waals surface area contributed by atoms with Crippen LogP contribution in [0.15, 0.2) is 0 Å². The molecule has 0 unspecified atom stereocenters. The summed E-state index contributed by atoms with van der Waals surface area (Å²) in [5, 5.41) is 3.35. The average molecular weight is 240 g/mol. The Morgan fingerprint density at radius 1 is 1.18 bits per heavy atom. The van der Waals surface area contributed by atoms with Crippen LogP contribution in [0.2, 0.25) is 0 Å². The maximum Gasteiger partial charge on any atom is 0.239 e. The lowest BCUT2D eigenvalue weighted by Gasteiger charge is -2.32. The van der Waals surface area contributed by atoms with Gasteiger partial charge in [0.1, 0.15) is 0 Å². The van der Waals surface area contributed by atoms with Crippen molar-refractivity contribution in [2.24, 2.45) is 11.8 Å². The van der Waals surface area contributed by atoms with Gasteiger partial charge in [-0.25, -0.2) is 0 Å². The van der Waals surface area contributed by atoms with Crippen molar-refractivity contribution < 1.29 is 4.79 Å². The van der Waals surface area contributed by atoms with Crippen LogP contribution >= 0.6 is 0 Å². The van der Waals surface area contributed by atoms with Crippen molar-refractivity contribution in [3.05, 3.63) is 0 Å². The highest BCUT2D eigenvalue weighted by molar-refractivity contribution is 5.82. The van der Waals surface area contributed by atoms with Crippen LogP contribution in [-0.2, 0) is 4.79 Å². The first kappa shape index (κ1) is 14.5. The van der Waals surface area contributed by atoms with E-state index in [1.165, 1.54) is 12.8 Å². The zero-order valence-corrected chi connectivity index (χ0v) is 11.8. The molecule has 17 heavy (non-hydrogen) atoms. The number of hydrogen-bond acceptors (Lipinski definition) is 2. The maximum atomic E-state index is 12.4. The fourth-order valence-electron chi connectivity index (χ4n) is 2.42. The Hall–Kier alpha value is -0.570. The second kappa shape index (κ2) is 7.00. The minimum Gasteiger partial charge on any atom is -0.341 e. The molecule has 0 spiro atoms. The lowest BCUT2D eigenvalue weighted by Crippen LogP contribution is -2.50. The van der Waals surface area contributed by atoms with Crippen LogP contribution in [0.1, 0.15) is 47.0 Å². The van der Waals surface area contributed by atoms with E-state index in [0.717, 1.165) is 26.1 Å². The Kier molecular flexibility index (Phi) is 5.96. The fourth-order valence-corrected chi connectivity index (χ4v) is 2.42. The summed E-state index contributed by atoms with van der Waals surface area (Å²) in [5.41, 5.74) is 0. The average Bonchev–Trinajstić information content (AvgIpc) is 2.27. The van der Waals surface area contributed by atoms with Crippen molar-refractivity contribution in [2.75, 3.05) is 19.6 Å². The van der Waals surface area contributed by atoms with Crippen molar-refractivity contribution in [3.8, 4) is 0 Å². The van der Waals surface area contributed by atoms with Crippen molar-refractivity contribution >= 4 is 5.91 Å². The number of amides is 1. The van der Waals surface area contributed by atoms with E-state index >= 15 is 0 Å². The molecule has 3 heteroatoms. The Balaban J connectivity index is 2.56. The van der Waals surface area contributed by atoms with Gasteiger partial charge in [0.05, 0.1) is 6.04 Å². The van der Waals surface area contributed by atoms with Gasteiger partial charge >= 0.3 is 0 Å². The molecule has 1 saturated heterocycles. The maximum absolute atomic E-state index is 12.4. The highest BCUT2D eigenvalue weighted by atomic mass is 16.2. The topological polar surface area (TPSA) is 32.3 Å². The quantitative estimate of drug-likeness (QED) is 0.799. The fraction of sp³-hybridized carbons (Fsp3) is 0.929. The summed E-state index contributed by atoms with van der Waals surface area (Å²) in [6.07, 6.45) is 3.39. The molecule has 1 aliphatic heterocycles. The summed E-state index contributed by atoms with van der Waals surface area (Å²) in [7, 11) is 0. The molecule has 0 aliphatic carbocycles. The van der Waals surface area contributed by atoms with Crippen LogP contribution in [0.5, 0.6) is 0 Å². The Bertz CT molecular complexity index is 222. The molecule has 100 valence electrons. The third-order valence-corrected chi connectivity index (χ3v) is 3.09. The van der Waals surface area contributed by atoms with Crippen LogP contribution in [0.25, 0.3) is 0 Å². The van der Waals surface area contributed by atoms with Gasteiger partial charge in [-0.15, -0.1) is 0 Å². The summed E-state index contributed by atoms with van der Waals surface area (Å²) in [6, 6.07) is 0.0706. The summed E-state index contributed by atoms with van der Waals surface area (Å²) >= 11 is 0. The van der Waals surface area contributed by atoms with Crippen LogP contribution in [0.3, 0.4) is 0 Å². The van der Waals surface area contributed by atoms with Gasteiger partial charge in [0.2, 0.25) is 5.91 Å². The Morgan fingerprint density at radius 2 is 1.76 bits per heavy atom. The van der Waals surface area contributed by atoms with Crippen molar-refractivity contribution in [1.82, 2.24) is 10.2 Å². The molecular weight excluding hydrogens is 212 g/mol. The summed E-state index contributed by atoms with van der Waals surface area (Å²) < 4.78 is 0. The molecule has 1 fully saturated rings. The van der Waals surface area contributed by atoms with Crippen LogP contribution in [0, 0.1) is 11.8 Å². The Labute approximate surface area is 106 Å². The van der Waals surface area contributed by atoms with E-state index in [1.807, 2.05) is 0 Å². The lowest BCUT2D eigenvalue weighted by atomic mass is 10.0. The molecule has 3 nitrogen and oxygen atoms in total. The van der Waals surface area contributed by atoms with Gasteiger partial charge in [0.15, 0.2) is 0 Å². The molecule has 0 aromatic carbocycles. The molecule has 1 rings (SSSR count).